The lowest BCUT2D eigenvalue weighted by molar-refractivity contribution is -0.121. The average molecular weight is 406 g/mol. The molecule has 2 rings (SSSR count). The number of methoxy groups -OCH3 is 1. The van der Waals surface area contributed by atoms with E-state index in [9.17, 15) is 4.79 Å². The van der Waals surface area contributed by atoms with Gasteiger partial charge in [0, 0.05) is 13.0 Å². The second-order valence-electron chi connectivity index (χ2n) is 6.40. The normalized spacial score (nSPS) is 15.3. The molecule has 7 heteroatoms. The molecule has 0 aromatic heterocycles. The van der Waals surface area contributed by atoms with Gasteiger partial charge in [0.25, 0.3) is 0 Å². The Hall–Kier alpha value is -1.01. The predicted molar refractivity (Wildman–Crippen MR) is 112 cm³/mol. The molecule has 26 heavy (non-hydrogen) atoms. The number of benzene rings is 1. The fourth-order valence-corrected chi connectivity index (χ4v) is 3.24. The molecule has 1 aromatic rings. The standard InChI is InChI=1S/C19H31N3O2.2ClH/c1-20-12-6-7-19(23)21-15-18(22-13-4-3-5-14-22)16-8-10-17(24-2)11-9-16;;/h8-11,18,20H,3-7,12-15H2,1-2H3,(H,21,23);2*1H. The van der Waals surface area contributed by atoms with Crippen molar-refractivity contribution in [3.63, 3.8) is 0 Å². The molecule has 1 fully saturated rings. The molecule has 0 bridgehead atoms. The summed E-state index contributed by atoms with van der Waals surface area (Å²) >= 11 is 0. The van der Waals surface area contributed by atoms with E-state index in [4.69, 9.17) is 4.74 Å². The topological polar surface area (TPSA) is 53.6 Å². The van der Waals surface area contributed by atoms with Crippen molar-refractivity contribution in [1.29, 1.82) is 0 Å². The van der Waals surface area contributed by atoms with Crippen LogP contribution in [-0.4, -0.2) is 51.1 Å². The van der Waals surface area contributed by atoms with Crippen molar-refractivity contribution in [2.24, 2.45) is 0 Å². The Kier molecular flexibility index (Phi) is 13.6. The fourth-order valence-electron chi connectivity index (χ4n) is 3.24. The highest BCUT2D eigenvalue weighted by Gasteiger charge is 2.22. The number of rotatable bonds is 9. The molecule has 1 aliphatic heterocycles. The van der Waals surface area contributed by atoms with E-state index < -0.39 is 0 Å². The Morgan fingerprint density at radius 1 is 1.15 bits per heavy atom. The van der Waals surface area contributed by atoms with E-state index in [1.807, 2.05) is 19.2 Å². The van der Waals surface area contributed by atoms with Gasteiger partial charge in [-0.1, -0.05) is 18.6 Å². The smallest absolute Gasteiger partial charge is 0.220 e. The number of nitrogens with one attached hydrogen (secondary N) is 2. The van der Waals surface area contributed by atoms with Gasteiger partial charge in [-0.15, -0.1) is 24.8 Å². The third kappa shape index (κ3) is 8.12. The molecule has 1 unspecified atom stereocenters. The SMILES string of the molecule is CNCCCC(=O)NCC(c1ccc(OC)cc1)N1CCCCC1.Cl.Cl. The molecule has 1 heterocycles. The molecular formula is C19H33Cl2N3O2. The molecule has 1 amide bonds. The highest BCUT2D eigenvalue weighted by atomic mass is 35.5. The van der Waals surface area contributed by atoms with Gasteiger partial charge in [-0.2, -0.15) is 0 Å². The van der Waals surface area contributed by atoms with Crippen LogP contribution in [0.4, 0.5) is 0 Å². The van der Waals surface area contributed by atoms with Gasteiger partial charge in [-0.05, 0) is 63.6 Å². The van der Waals surface area contributed by atoms with Crippen LogP contribution in [0.2, 0.25) is 0 Å². The highest BCUT2D eigenvalue weighted by Crippen LogP contribution is 2.25. The Morgan fingerprint density at radius 2 is 1.81 bits per heavy atom. The maximum Gasteiger partial charge on any atom is 0.220 e. The zero-order valence-electron chi connectivity index (χ0n) is 15.8. The van der Waals surface area contributed by atoms with Crippen LogP contribution in [0.25, 0.3) is 0 Å². The van der Waals surface area contributed by atoms with E-state index in [0.29, 0.717) is 13.0 Å². The Bertz CT molecular complexity index is 494. The summed E-state index contributed by atoms with van der Waals surface area (Å²) in [6.07, 6.45) is 5.24. The van der Waals surface area contributed by atoms with Crippen molar-refractivity contribution < 1.29 is 9.53 Å². The van der Waals surface area contributed by atoms with Gasteiger partial charge in [0.1, 0.15) is 5.75 Å². The Morgan fingerprint density at radius 3 is 2.38 bits per heavy atom. The molecule has 1 saturated heterocycles. The first-order valence-corrected chi connectivity index (χ1v) is 9.04. The monoisotopic (exact) mass is 405 g/mol. The van der Waals surface area contributed by atoms with Crippen molar-refractivity contribution >= 4 is 30.7 Å². The first-order valence-electron chi connectivity index (χ1n) is 9.04. The summed E-state index contributed by atoms with van der Waals surface area (Å²) in [5.74, 6) is 1.01. The summed E-state index contributed by atoms with van der Waals surface area (Å²) < 4.78 is 5.26. The number of carbonyl (C=O) groups excluding carboxylic acids is 1. The maximum absolute atomic E-state index is 12.1. The highest BCUT2D eigenvalue weighted by molar-refractivity contribution is 5.85. The molecule has 150 valence electrons. The van der Waals surface area contributed by atoms with Crippen LogP contribution in [0, 0.1) is 0 Å². The molecule has 0 aliphatic carbocycles. The number of likely N-dealkylation sites (tertiary alicyclic amines) is 1. The molecule has 2 N–H and O–H groups in total. The lowest BCUT2D eigenvalue weighted by atomic mass is 10.0. The van der Waals surface area contributed by atoms with Crippen molar-refractivity contribution in [3.8, 4) is 5.75 Å². The molecule has 0 spiro atoms. The lowest BCUT2D eigenvalue weighted by Gasteiger charge is -2.35. The van der Waals surface area contributed by atoms with Crippen LogP contribution in [0.5, 0.6) is 5.75 Å². The van der Waals surface area contributed by atoms with Crippen molar-refractivity contribution in [2.75, 3.05) is 40.3 Å². The van der Waals surface area contributed by atoms with Gasteiger partial charge >= 0.3 is 0 Å². The van der Waals surface area contributed by atoms with E-state index in [2.05, 4.69) is 27.7 Å². The third-order valence-electron chi connectivity index (χ3n) is 4.66. The molecule has 1 aromatic carbocycles. The van der Waals surface area contributed by atoms with Crippen LogP contribution in [0.15, 0.2) is 24.3 Å². The molecule has 0 saturated carbocycles. The minimum absolute atomic E-state index is 0. The number of halogens is 2. The number of carbonyl (C=O) groups is 1. The van der Waals surface area contributed by atoms with E-state index >= 15 is 0 Å². The zero-order chi connectivity index (χ0) is 17.2. The summed E-state index contributed by atoms with van der Waals surface area (Å²) in [5, 5.41) is 6.20. The summed E-state index contributed by atoms with van der Waals surface area (Å²) in [5.41, 5.74) is 1.24. The van der Waals surface area contributed by atoms with Gasteiger partial charge in [-0.25, -0.2) is 0 Å². The van der Waals surface area contributed by atoms with Crippen molar-refractivity contribution in [3.05, 3.63) is 29.8 Å². The summed E-state index contributed by atoms with van der Waals surface area (Å²) in [7, 11) is 3.59. The van der Waals surface area contributed by atoms with E-state index in [1.54, 1.807) is 7.11 Å². The summed E-state index contributed by atoms with van der Waals surface area (Å²) in [4.78, 5) is 14.6. The van der Waals surface area contributed by atoms with Crippen LogP contribution >= 0.6 is 24.8 Å². The Labute approximate surface area is 170 Å². The summed E-state index contributed by atoms with van der Waals surface area (Å²) in [6.45, 7) is 3.75. The molecular weight excluding hydrogens is 373 g/mol. The third-order valence-corrected chi connectivity index (χ3v) is 4.66. The van der Waals surface area contributed by atoms with Gasteiger partial charge in [0.15, 0.2) is 0 Å². The minimum Gasteiger partial charge on any atom is -0.497 e. The van der Waals surface area contributed by atoms with E-state index in [0.717, 1.165) is 31.8 Å². The number of piperidine rings is 1. The quantitative estimate of drug-likeness (QED) is 0.619. The average Bonchev–Trinajstić information content (AvgIpc) is 2.63. The van der Waals surface area contributed by atoms with Crippen molar-refractivity contribution in [2.45, 2.75) is 38.1 Å². The van der Waals surface area contributed by atoms with Crippen molar-refractivity contribution in [1.82, 2.24) is 15.5 Å². The number of ether oxygens (including phenoxy) is 1. The maximum atomic E-state index is 12.1. The van der Waals surface area contributed by atoms with Crippen LogP contribution in [0.1, 0.15) is 43.7 Å². The number of amides is 1. The number of nitrogens with zero attached hydrogens (tertiary/aromatic N) is 1. The van der Waals surface area contributed by atoms with E-state index in [1.165, 1.54) is 24.8 Å². The number of hydrogen-bond acceptors (Lipinski definition) is 4. The molecule has 1 atom stereocenters. The van der Waals surface area contributed by atoms with Crippen LogP contribution in [-0.2, 0) is 4.79 Å². The van der Waals surface area contributed by atoms with Crippen LogP contribution < -0.4 is 15.4 Å². The fraction of sp³-hybridized carbons (Fsp3) is 0.632. The van der Waals surface area contributed by atoms with Gasteiger partial charge in [0.05, 0.1) is 13.2 Å². The first-order chi connectivity index (χ1) is 11.7. The summed E-state index contributed by atoms with van der Waals surface area (Å²) in [6, 6.07) is 8.47. The number of hydrogen-bond donors (Lipinski definition) is 2. The lowest BCUT2D eigenvalue weighted by Crippen LogP contribution is -2.40. The molecule has 5 nitrogen and oxygen atoms in total. The van der Waals surface area contributed by atoms with Gasteiger partial charge < -0.3 is 15.4 Å². The van der Waals surface area contributed by atoms with Gasteiger partial charge in [0.2, 0.25) is 5.91 Å². The Balaban J connectivity index is 0.00000312. The van der Waals surface area contributed by atoms with Crippen LogP contribution in [0.3, 0.4) is 0 Å². The predicted octanol–water partition coefficient (Wildman–Crippen LogP) is 3.18. The zero-order valence-corrected chi connectivity index (χ0v) is 17.5. The van der Waals surface area contributed by atoms with Gasteiger partial charge in [-0.3, -0.25) is 9.69 Å². The second kappa shape index (κ2) is 14.1. The largest absolute Gasteiger partial charge is 0.497 e. The molecule has 0 radical (unpaired) electrons. The first kappa shape index (κ1) is 25.0. The minimum atomic E-state index is 0. The molecule has 1 aliphatic rings. The second-order valence-corrected chi connectivity index (χ2v) is 6.40. The van der Waals surface area contributed by atoms with E-state index in [-0.39, 0.29) is 36.8 Å².